The Kier molecular flexibility index (Phi) is 6.42. The van der Waals surface area contributed by atoms with Gasteiger partial charge in [0.15, 0.2) is 5.13 Å². The van der Waals surface area contributed by atoms with Crippen molar-refractivity contribution in [1.29, 1.82) is 0 Å². The summed E-state index contributed by atoms with van der Waals surface area (Å²) in [5.74, 6) is 0. The van der Waals surface area contributed by atoms with Gasteiger partial charge in [0.25, 0.3) is 0 Å². The van der Waals surface area contributed by atoms with Crippen molar-refractivity contribution < 1.29 is 9.53 Å². The Morgan fingerprint density at radius 1 is 1.24 bits per heavy atom. The minimum absolute atomic E-state index is 0.213. The molecule has 2 aromatic rings. The Bertz CT molecular complexity index is 691. The number of carbonyl (C=O) groups is 1. The number of nitrogens with one attached hydrogen (secondary N) is 2. The van der Waals surface area contributed by atoms with Gasteiger partial charge in [-0.2, -0.15) is 0 Å². The molecule has 6 heteroatoms. The van der Waals surface area contributed by atoms with E-state index in [0.29, 0.717) is 18.3 Å². The highest BCUT2D eigenvalue weighted by molar-refractivity contribution is 7.15. The Morgan fingerprint density at radius 2 is 2.04 bits per heavy atom. The van der Waals surface area contributed by atoms with E-state index in [4.69, 9.17) is 4.74 Å². The largest absolute Gasteiger partial charge is 0.377 e. The van der Waals surface area contributed by atoms with Crippen molar-refractivity contribution in [2.75, 3.05) is 11.9 Å². The number of aryl methyl sites for hydroxylation is 2. The number of benzene rings is 1. The molecule has 5 nitrogen and oxygen atoms in total. The number of anilines is 1. The van der Waals surface area contributed by atoms with E-state index in [1.54, 1.807) is 11.3 Å². The quantitative estimate of drug-likeness (QED) is 0.726. The van der Waals surface area contributed by atoms with E-state index in [9.17, 15) is 4.79 Å². The number of fused-ring (bicyclic) bond motifs is 1. The monoisotopic (exact) mass is 359 g/mol. The van der Waals surface area contributed by atoms with E-state index in [1.165, 1.54) is 17.7 Å². The standard InChI is InChI=1S/C19H25N3O2S/c1-2-11-24-13-15-8-4-3-7-14(15)12-20-18(23)22-19-21-16-9-5-6-10-17(16)25-19/h3-4,7-8H,2,5-6,9-13H2,1H3,(H2,20,21,22,23). The minimum atomic E-state index is -0.213. The third-order valence-corrected chi connectivity index (χ3v) is 5.30. The zero-order valence-corrected chi connectivity index (χ0v) is 15.5. The molecule has 1 aromatic carbocycles. The summed E-state index contributed by atoms with van der Waals surface area (Å²) in [7, 11) is 0. The van der Waals surface area contributed by atoms with E-state index in [-0.39, 0.29) is 6.03 Å². The number of urea groups is 1. The van der Waals surface area contributed by atoms with E-state index in [0.717, 1.165) is 42.7 Å². The molecule has 0 bridgehead atoms. The van der Waals surface area contributed by atoms with Crippen LogP contribution < -0.4 is 10.6 Å². The predicted octanol–water partition coefficient (Wildman–Crippen LogP) is 4.27. The lowest BCUT2D eigenvalue weighted by Gasteiger charge is -2.11. The zero-order valence-electron chi connectivity index (χ0n) is 14.6. The molecule has 3 rings (SSSR count). The van der Waals surface area contributed by atoms with Gasteiger partial charge in [-0.1, -0.05) is 31.2 Å². The van der Waals surface area contributed by atoms with E-state index >= 15 is 0 Å². The number of thiazole rings is 1. The maximum Gasteiger partial charge on any atom is 0.321 e. The molecule has 1 aromatic heterocycles. The van der Waals surface area contributed by atoms with Gasteiger partial charge in [-0.25, -0.2) is 9.78 Å². The number of amides is 2. The van der Waals surface area contributed by atoms with Crippen molar-refractivity contribution in [2.45, 2.75) is 52.2 Å². The minimum Gasteiger partial charge on any atom is -0.377 e. The maximum atomic E-state index is 12.2. The fourth-order valence-corrected chi connectivity index (χ4v) is 3.96. The topological polar surface area (TPSA) is 63.2 Å². The molecule has 134 valence electrons. The van der Waals surface area contributed by atoms with Crippen LogP contribution in [0, 0.1) is 0 Å². The lowest BCUT2D eigenvalue weighted by molar-refractivity contribution is 0.121. The number of hydrogen-bond donors (Lipinski definition) is 2. The predicted molar refractivity (Wildman–Crippen MR) is 101 cm³/mol. The normalized spacial score (nSPS) is 13.3. The summed E-state index contributed by atoms with van der Waals surface area (Å²) in [5, 5.41) is 6.49. The first kappa shape index (κ1) is 17.9. The molecule has 0 unspecified atom stereocenters. The first-order chi connectivity index (χ1) is 12.3. The molecule has 1 aliphatic rings. The van der Waals surface area contributed by atoms with Crippen LogP contribution in [0.1, 0.15) is 47.9 Å². The molecule has 2 N–H and O–H groups in total. The summed E-state index contributed by atoms with van der Waals surface area (Å²) in [6, 6.07) is 7.82. The molecule has 0 fully saturated rings. The average molecular weight is 359 g/mol. The second kappa shape index (κ2) is 8.97. The molecule has 0 radical (unpaired) electrons. The lowest BCUT2D eigenvalue weighted by Crippen LogP contribution is -2.28. The maximum absolute atomic E-state index is 12.2. The summed E-state index contributed by atoms with van der Waals surface area (Å²) in [6.07, 6.45) is 5.53. The van der Waals surface area contributed by atoms with Crippen LogP contribution in [-0.4, -0.2) is 17.6 Å². The smallest absolute Gasteiger partial charge is 0.321 e. The molecular weight excluding hydrogens is 334 g/mol. The van der Waals surface area contributed by atoms with Crippen molar-refractivity contribution >= 4 is 22.5 Å². The van der Waals surface area contributed by atoms with Crippen LogP contribution in [0.3, 0.4) is 0 Å². The van der Waals surface area contributed by atoms with Gasteiger partial charge >= 0.3 is 6.03 Å². The average Bonchev–Trinajstić information content (AvgIpc) is 3.03. The third kappa shape index (κ3) is 5.03. The molecule has 1 aliphatic carbocycles. The van der Waals surface area contributed by atoms with Crippen molar-refractivity contribution in [3.8, 4) is 0 Å². The summed E-state index contributed by atoms with van der Waals surface area (Å²) in [4.78, 5) is 18.0. The Morgan fingerprint density at radius 3 is 2.84 bits per heavy atom. The SMILES string of the molecule is CCCOCc1ccccc1CNC(=O)Nc1nc2c(s1)CCCC2. The molecule has 0 aliphatic heterocycles. The summed E-state index contributed by atoms with van der Waals surface area (Å²) < 4.78 is 5.62. The first-order valence-electron chi connectivity index (χ1n) is 8.94. The Balaban J connectivity index is 1.53. The van der Waals surface area contributed by atoms with Gasteiger partial charge in [-0.3, -0.25) is 5.32 Å². The second-order valence-electron chi connectivity index (χ2n) is 6.22. The van der Waals surface area contributed by atoms with Crippen LogP contribution in [0.25, 0.3) is 0 Å². The van der Waals surface area contributed by atoms with Crippen LogP contribution in [0.5, 0.6) is 0 Å². The van der Waals surface area contributed by atoms with E-state index in [2.05, 4.69) is 22.5 Å². The summed E-state index contributed by atoms with van der Waals surface area (Å²) in [5.41, 5.74) is 3.35. The van der Waals surface area contributed by atoms with E-state index < -0.39 is 0 Å². The number of nitrogens with zero attached hydrogens (tertiary/aromatic N) is 1. The van der Waals surface area contributed by atoms with Crippen molar-refractivity contribution in [1.82, 2.24) is 10.3 Å². The summed E-state index contributed by atoms with van der Waals surface area (Å²) >= 11 is 1.60. The van der Waals surface area contributed by atoms with Crippen molar-refractivity contribution in [3.63, 3.8) is 0 Å². The van der Waals surface area contributed by atoms with Crippen LogP contribution in [0.2, 0.25) is 0 Å². The van der Waals surface area contributed by atoms with Crippen LogP contribution >= 0.6 is 11.3 Å². The van der Waals surface area contributed by atoms with Gasteiger partial charge in [-0.05, 0) is 43.2 Å². The Labute approximate surface area is 152 Å². The highest BCUT2D eigenvalue weighted by Crippen LogP contribution is 2.29. The molecule has 0 atom stereocenters. The molecule has 0 spiro atoms. The molecule has 0 saturated carbocycles. The first-order valence-corrected chi connectivity index (χ1v) is 9.76. The van der Waals surface area contributed by atoms with Crippen LogP contribution in [0.15, 0.2) is 24.3 Å². The number of carbonyl (C=O) groups excluding carboxylic acids is 1. The molecule has 2 amide bonds. The fourth-order valence-electron chi connectivity index (χ4n) is 2.92. The number of ether oxygens (including phenoxy) is 1. The van der Waals surface area contributed by atoms with Gasteiger partial charge in [0.2, 0.25) is 0 Å². The van der Waals surface area contributed by atoms with Gasteiger partial charge in [0.1, 0.15) is 0 Å². The highest BCUT2D eigenvalue weighted by atomic mass is 32.1. The molecule has 1 heterocycles. The van der Waals surface area contributed by atoms with E-state index in [1.807, 2.05) is 24.3 Å². The third-order valence-electron chi connectivity index (χ3n) is 4.23. The molecule has 25 heavy (non-hydrogen) atoms. The second-order valence-corrected chi connectivity index (χ2v) is 7.31. The lowest BCUT2D eigenvalue weighted by atomic mass is 10.0. The number of hydrogen-bond acceptors (Lipinski definition) is 4. The molecule has 0 saturated heterocycles. The molecular formula is C19H25N3O2S. The van der Waals surface area contributed by atoms with Crippen molar-refractivity contribution in [2.24, 2.45) is 0 Å². The number of rotatable bonds is 7. The fraction of sp³-hybridized carbons (Fsp3) is 0.474. The van der Waals surface area contributed by atoms with Gasteiger partial charge in [0.05, 0.1) is 12.3 Å². The number of aromatic nitrogens is 1. The van der Waals surface area contributed by atoms with Gasteiger partial charge in [-0.15, -0.1) is 11.3 Å². The van der Waals surface area contributed by atoms with Crippen LogP contribution in [-0.2, 0) is 30.7 Å². The highest BCUT2D eigenvalue weighted by Gasteiger charge is 2.16. The van der Waals surface area contributed by atoms with Gasteiger partial charge in [0, 0.05) is 18.0 Å². The Hall–Kier alpha value is -1.92. The van der Waals surface area contributed by atoms with Crippen LogP contribution in [0.4, 0.5) is 9.93 Å². The van der Waals surface area contributed by atoms with Crippen molar-refractivity contribution in [3.05, 3.63) is 46.0 Å². The summed E-state index contributed by atoms with van der Waals surface area (Å²) in [6.45, 7) is 3.89. The zero-order chi connectivity index (χ0) is 17.5. The van der Waals surface area contributed by atoms with Gasteiger partial charge < -0.3 is 10.1 Å².